The Morgan fingerprint density at radius 1 is 1.11 bits per heavy atom. The van der Waals surface area contributed by atoms with Gasteiger partial charge in [-0.3, -0.25) is 0 Å². The summed E-state index contributed by atoms with van der Waals surface area (Å²) in [6, 6.07) is 5.77. The van der Waals surface area contributed by atoms with Gasteiger partial charge in [-0.05, 0) is 38.5 Å². The Balaban J connectivity index is 2.80. The highest BCUT2D eigenvalue weighted by Crippen LogP contribution is 2.28. The Kier molecular flexibility index (Phi) is 7.13. The van der Waals surface area contributed by atoms with Crippen LogP contribution in [0.3, 0.4) is 0 Å². The highest BCUT2D eigenvalue weighted by atomic mass is 35.5. The summed E-state index contributed by atoms with van der Waals surface area (Å²) < 4.78 is 11.0. The highest BCUT2D eigenvalue weighted by Gasteiger charge is 2.04. The van der Waals surface area contributed by atoms with Crippen molar-refractivity contribution in [3.05, 3.63) is 23.8 Å². The number of rotatable bonds is 6. The summed E-state index contributed by atoms with van der Waals surface area (Å²) >= 11 is 5.60. The SMILES string of the molecule is CCOc1ccc(C#CCCCCl)cc1OCC. The van der Waals surface area contributed by atoms with Gasteiger partial charge in [-0.1, -0.05) is 11.8 Å². The van der Waals surface area contributed by atoms with Gasteiger partial charge in [-0.2, -0.15) is 0 Å². The van der Waals surface area contributed by atoms with Crippen LogP contribution in [-0.4, -0.2) is 19.1 Å². The Bertz CT molecular complexity index is 418. The fraction of sp³-hybridized carbons (Fsp3) is 0.467. The zero-order valence-electron chi connectivity index (χ0n) is 11.0. The molecule has 98 valence electrons. The molecule has 0 N–H and O–H groups in total. The van der Waals surface area contributed by atoms with Gasteiger partial charge < -0.3 is 9.47 Å². The third kappa shape index (κ3) is 4.89. The van der Waals surface area contributed by atoms with E-state index in [4.69, 9.17) is 21.1 Å². The summed E-state index contributed by atoms with van der Waals surface area (Å²) in [5.41, 5.74) is 0.941. The minimum Gasteiger partial charge on any atom is -0.490 e. The van der Waals surface area contributed by atoms with Crippen molar-refractivity contribution in [2.45, 2.75) is 26.7 Å². The van der Waals surface area contributed by atoms with Gasteiger partial charge in [0.15, 0.2) is 11.5 Å². The summed E-state index contributed by atoms with van der Waals surface area (Å²) in [7, 11) is 0. The van der Waals surface area contributed by atoms with E-state index in [-0.39, 0.29) is 0 Å². The van der Waals surface area contributed by atoms with Crippen molar-refractivity contribution >= 4 is 11.6 Å². The van der Waals surface area contributed by atoms with Crippen LogP contribution in [-0.2, 0) is 0 Å². The van der Waals surface area contributed by atoms with Crippen LogP contribution < -0.4 is 9.47 Å². The van der Waals surface area contributed by atoms with Crippen LogP contribution in [0.15, 0.2) is 18.2 Å². The number of unbranched alkanes of at least 4 members (excludes halogenated alkanes) is 1. The largest absolute Gasteiger partial charge is 0.490 e. The number of benzene rings is 1. The van der Waals surface area contributed by atoms with Gasteiger partial charge in [0.1, 0.15) is 0 Å². The standard InChI is InChI=1S/C15H19ClO2/c1-3-17-14-10-9-13(8-6-5-7-11-16)12-15(14)18-4-2/h9-10,12H,3-5,7,11H2,1-2H3. The summed E-state index contributed by atoms with van der Waals surface area (Å²) in [6.45, 7) is 5.15. The van der Waals surface area contributed by atoms with E-state index in [1.165, 1.54) is 0 Å². The molecule has 1 rings (SSSR count). The Hall–Kier alpha value is -1.33. The molecule has 0 fully saturated rings. The maximum atomic E-state index is 5.60. The molecule has 0 atom stereocenters. The molecular formula is C15H19ClO2. The first-order valence-electron chi connectivity index (χ1n) is 6.26. The average molecular weight is 267 g/mol. The zero-order chi connectivity index (χ0) is 13.2. The molecule has 0 aliphatic heterocycles. The van der Waals surface area contributed by atoms with Gasteiger partial charge in [-0.25, -0.2) is 0 Å². The van der Waals surface area contributed by atoms with Crippen LogP contribution in [0.5, 0.6) is 11.5 Å². The van der Waals surface area contributed by atoms with Crippen molar-refractivity contribution in [3.63, 3.8) is 0 Å². The summed E-state index contributed by atoms with van der Waals surface area (Å²) in [5.74, 6) is 8.37. The normalized spacial score (nSPS) is 9.50. The maximum absolute atomic E-state index is 5.60. The fourth-order valence-corrected chi connectivity index (χ4v) is 1.58. The van der Waals surface area contributed by atoms with Gasteiger partial charge in [0.25, 0.3) is 0 Å². The van der Waals surface area contributed by atoms with Gasteiger partial charge in [0, 0.05) is 17.9 Å². The van der Waals surface area contributed by atoms with Gasteiger partial charge in [-0.15, -0.1) is 11.6 Å². The average Bonchev–Trinajstić information content (AvgIpc) is 2.38. The molecule has 1 aromatic carbocycles. The molecule has 0 unspecified atom stereocenters. The first kappa shape index (κ1) is 14.7. The molecular weight excluding hydrogens is 248 g/mol. The molecule has 0 aliphatic carbocycles. The topological polar surface area (TPSA) is 18.5 Å². The van der Waals surface area contributed by atoms with Crippen LogP contribution in [0.4, 0.5) is 0 Å². The van der Waals surface area contributed by atoms with Gasteiger partial charge >= 0.3 is 0 Å². The molecule has 0 aromatic heterocycles. The number of ether oxygens (including phenoxy) is 2. The maximum Gasteiger partial charge on any atom is 0.162 e. The molecule has 0 bridgehead atoms. The van der Waals surface area contributed by atoms with Crippen molar-refractivity contribution in [2.75, 3.05) is 19.1 Å². The lowest BCUT2D eigenvalue weighted by Gasteiger charge is -2.10. The van der Waals surface area contributed by atoms with E-state index < -0.39 is 0 Å². The Morgan fingerprint density at radius 2 is 1.83 bits per heavy atom. The molecule has 0 saturated carbocycles. The molecule has 2 nitrogen and oxygen atoms in total. The van der Waals surface area contributed by atoms with E-state index in [2.05, 4.69) is 11.8 Å². The van der Waals surface area contributed by atoms with E-state index >= 15 is 0 Å². The van der Waals surface area contributed by atoms with E-state index in [0.29, 0.717) is 19.1 Å². The third-order valence-corrected chi connectivity index (χ3v) is 2.48. The van der Waals surface area contributed by atoms with Crippen LogP contribution in [0.2, 0.25) is 0 Å². The van der Waals surface area contributed by atoms with Gasteiger partial charge in [0.2, 0.25) is 0 Å². The predicted octanol–water partition coefficient (Wildman–Crippen LogP) is 3.85. The highest BCUT2D eigenvalue weighted by molar-refractivity contribution is 6.17. The lowest BCUT2D eigenvalue weighted by molar-refractivity contribution is 0.287. The minimum absolute atomic E-state index is 0.614. The first-order chi connectivity index (χ1) is 8.81. The lowest BCUT2D eigenvalue weighted by Crippen LogP contribution is -1.98. The van der Waals surface area contributed by atoms with E-state index in [1.807, 2.05) is 32.0 Å². The predicted molar refractivity (Wildman–Crippen MR) is 75.6 cm³/mol. The summed E-state index contributed by atoms with van der Waals surface area (Å²) in [5, 5.41) is 0. The molecule has 3 heteroatoms. The summed E-state index contributed by atoms with van der Waals surface area (Å²) in [6.07, 6.45) is 1.74. The molecule has 0 heterocycles. The number of hydrogen-bond donors (Lipinski definition) is 0. The summed E-state index contributed by atoms with van der Waals surface area (Å²) in [4.78, 5) is 0. The van der Waals surface area contributed by atoms with E-state index in [9.17, 15) is 0 Å². The van der Waals surface area contributed by atoms with E-state index in [1.54, 1.807) is 0 Å². The second-order valence-corrected chi connectivity index (χ2v) is 4.00. The Morgan fingerprint density at radius 3 is 2.50 bits per heavy atom. The zero-order valence-corrected chi connectivity index (χ0v) is 11.7. The Labute approximate surface area is 114 Å². The van der Waals surface area contributed by atoms with Gasteiger partial charge in [0.05, 0.1) is 13.2 Å². The van der Waals surface area contributed by atoms with Crippen LogP contribution in [0.25, 0.3) is 0 Å². The second-order valence-electron chi connectivity index (χ2n) is 3.62. The molecule has 0 amide bonds. The molecule has 18 heavy (non-hydrogen) atoms. The smallest absolute Gasteiger partial charge is 0.162 e. The van der Waals surface area contributed by atoms with Crippen molar-refractivity contribution in [1.82, 2.24) is 0 Å². The van der Waals surface area contributed by atoms with Crippen molar-refractivity contribution in [1.29, 1.82) is 0 Å². The minimum atomic E-state index is 0.614. The second kappa shape index (κ2) is 8.72. The number of alkyl halides is 1. The number of hydrogen-bond acceptors (Lipinski definition) is 2. The number of halogens is 1. The van der Waals surface area contributed by atoms with Crippen LogP contribution >= 0.6 is 11.6 Å². The molecule has 0 spiro atoms. The van der Waals surface area contributed by atoms with Crippen molar-refractivity contribution < 1.29 is 9.47 Å². The van der Waals surface area contributed by atoms with Crippen LogP contribution in [0.1, 0.15) is 32.3 Å². The molecule has 0 saturated heterocycles. The van der Waals surface area contributed by atoms with Crippen molar-refractivity contribution in [3.8, 4) is 23.3 Å². The van der Waals surface area contributed by atoms with Crippen molar-refractivity contribution in [2.24, 2.45) is 0 Å². The monoisotopic (exact) mass is 266 g/mol. The molecule has 0 radical (unpaired) electrons. The fourth-order valence-electron chi connectivity index (χ4n) is 1.45. The van der Waals surface area contributed by atoms with Crippen LogP contribution in [0, 0.1) is 11.8 Å². The lowest BCUT2D eigenvalue weighted by atomic mass is 10.2. The molecule has 0 aliphatic rings. The third-order valence-electron chi connectivity index (χ3n) is 2.21. The van der Waals surface area contributed by atoms with E-state index in [0.717, 1.165) is 29.9 Å². The first-order valence-corrected chi connectivity index (χ1v) is 6.79. The molecule has 1 aromatic rings. The quantitative estimate of drug-likeness (QED) is 0.442.